The maximum absolute atomic E-state index is 12.8. The van der Waals surface area contributed by atoms with E-state index in [1.54, 1.807) is 48.5 Å². The molecule has 0 N–H and O–H groups in total. The molecule has 132 valence electrons. The normalized spacial score (nSPS) is 10.2. The molecule has 0 fully saturated rings. The van der Waals surface area contributed by atoms with Gasteiger partial charge in [0.15, 0.2) is 0 Å². The maximum Gasteiger partial charge on any atom is 0.332 e. The van der Waals surface area contributed by atoms with Gasteiger partial charge in [0.05, 0.1) is 36.4 Å². The molecule has 2 aromatic carbocycles. The monoisotopic (exact) mass is 376 g/mol. The third-order valence-corrected chi connectivity index (χ3v) is 4.43. The van der Waals surface area contributed by atoms with Gasteiger partial charge in [-0.1, -0.05) is 41.9 Å². The lowest BCUT2D eigenvalue weighted by atomic mass is 10.1. The summed E-state index contributed by atoms with van der Waals surface area (Å²) < 4.78 is 2.32. The van der Waals surface area contributed by atoms with E-state index in [2.05, 4.69) is 6.07 Å². The van der Waals surface area contributed by atoms with Gasteiger partial charge in [0.25, 0.3) is 5.56 Å². The van der Waals surface area contributed by atoms with Crippen molar-refractivity contribution in [2.24, 2.45) is 0 Å². The number of hydrogen-bond donors (Lipinski definition) is 0. The van der Waals surface area contributed by atoms with Gasteiger partial charge in [0, 0.05) is 6.07 Å². The van der Waals surface area contributed by atoms with Crippen molar-refractivity contribution in [2.45, 2.75) is 13.1 Å². The van der Waals surface area contributed by atoms with Crippen molar-refractivity contribution in [2.75, 3.05) is 0 Å². The molecule has 0 radical (unpaired) electrons. The molecule has 0 bridgehead atoms. The fraction of sp³-hybridized carbons (Fsp3) is 0.100. The molecule has 27 heavy (non-hydrogen) atoms. The quantitative estimate of drug-likeness (QED) is 0.654. The second-order valence-corrected chi connectivity index (χ2v) is 6.23. The molecular formula is C20H13ClN4O2. The average molecular weight is 377 g/mol. The van der Waals surface area contributed by atoms with Crippen LogP contribution in [0, 0.1) is 22.7 Å². The zero-order chi connectivity index (χ0) is 19.4. The van der Waals surface area contributed by atoms with Gasteiger partial charge in [-0.25, -0.2) is 4.79 Å². The van der Waals surface area contributed by atoms with Crippen molar-refractivity contribution in [1.82, 2.24) is 9.13 Å². The predicted octanol–water partition coefficient (Wildman–Crippen LogP) is 2.50. The summed E-state index contributed by atoms with van der Waals surface area (Å²) in [4.78, 5) is 25.1. The summed E-state index contributed by atoms with van der Waals surface area (Å²) in [6, 6.07) is 18.8. The Bertz CT molecular complexity index is 1190. The van der Waals surface area contributed by atoms with Gasteiger partial charge in [-0.3, -0.25) is 13.9 Å². The van der Waals surface area contributed by atoms with E-state index in [4.69, 9.17) is 16.9 Å². The summed E-state index contributed by atoms with van der Waals surface area (Å²) in [6.07, 6.45) is 0. The molecule has 0 amide bonds. The highest BCUT2D eigenvalue weighted by Crippen LogP contribution is 2.12. The van der Waals surface area contributed by atoms with Crippen LogP contribution in [0.3, 0.4) is 0 Å². The zero-order valence-electron chi connectivity index (χ0n) is 14.1. The number of aromatic nitrogens is 2. The van der Waals surface area contributed by atoms with Crippen LogP contribution in [0.2, 0.25) is 5.15 Å². The number of hydrogen-bond acceptors (Lipinski definition) is 4. The van der Waals surface area contributed by atoms with Crippen molar-refractivity contribution in [3.05, 3.63) is 103 Å². The number of halogens is 1. The molecular weight excluding hydrogens is 364 g/mol. The molecule has 0 spiro atoms. The first-order valence-electron chi connectivity index (χ1n) is 8.00. The lowest BCUT2D eigenvalue weighted by Crippen LogP contribution is -2.40. The molecule has 0 atom stereocenters. The molecule has 3 aromatic rings. The van der Waals surface area contributed by atoms with E-state index in [1.807, 2.05) is 6.07 Å². The zero-order valence-corrected chi connectivity index (χ0v) is 14.8. The summed E-state index contributed by atoms with van der Waals surface area (Å²) in [5.74, 6) is 0. The predicted molar refractivity (Wildman–Crippen MR) is 100 cm³/mol. The van der Waals surface area contributed by atoms with E-state index in [0.29, 0.717) is 22.3 Å². The van der Waals surface area contributed by atoms with Crippen molar-refractivity contribution in [1.29, 1.82) is 10.5 Å². The number of benzene rings is 2. The highest BCUT2D eigenvalue weighted by molar-refractivity contribution is 6.29. The van der Waals surface area contributed by atoms with Crippen molar-refractivity contribution >= 4 is 11.6 Å². The van der Waals surface area contributed by atoms with Gasteiger partial charge < -0.3 is 0 Å². The Labute approximate surface area is 159 Å². The van der Waals surface area contributed by atoms with Crippen LogP contribution in [0.5, 0.6) is 0 Å². The molecule has 1 heterocycles. The number of nitrogens with zero attached hydrogens (tertiary/aromatic N) is 4. The molecule has 0 saturated carbocycles. The molecule has 6 nitrogen and oxygen atoms in total. The molecule has 0 unspecified atom stereocenters. The minimum absolute atomic E-state index is 0.00817. The van der Waals surface area contributed by atoms with Crippen LogP contribution in [-0.2, 0) is 13.1 Å². The van der Waals surface area contributed by atoms with Crippen LogP contribution in [0.25, 0.3) is 0 Å². The van der Waals surface area contributed by atoms with Crippen molar-refractivity contribution in [3.8, 4) is 12.1 Å². The molecule has 1 aromatic heterocycles. The first-order valence-corrected chi connectivity index (χ1v) is 8.38. The lowest BCUT2D eigenvalue weighted by molar-refractivity contribution is 0.612. The third kappa shape index (κ3) is 3.82. The Morgan fingerprint density at radius 3 is 2.26 bits per heavy atom. The number of nitriles is 2. The third-order valence-electron chi connectivity index (χ3n) is 4.12. The van der Waals surface area contributed by atoms with Gasteiger partial charge in [-0.05, 0) is 29.3 Å². The topological polar surface area (TPSA) is 91.6 Å². The first kappa shape index (κ1) is 18.2. The lowest BCUT2D eigenvalue weighted by Gasteiger charge is -2.13. The fourth-order valence-electron chi connectivity index (χ4n) is 2.68. The fourth-order valence-corrected chi connectivity index (χ4v) is 2.91. The molecule has 0 aliphatic rings. The smallest absolute Gasteiger partial charge is 0.279 e. The largest absolute Gasteiger partial charge is 0.332 e. The summed E-state index contributed by atoms with van der Waals surface area (Å²) in [5, 5.41) is 18.1. The minimum Gasteiger partial charge on any atom is -0.279 e. The van der Waals surface area contributed by atoms with Crippen LogP contribution < -0.4 is 11.2 Å². The Balaban J connectivity index is 2.03. The molecule has 0 saturated heterocycles. The Kier molecular flexibility index (Phi) is 5.21. The number of rotatable bonds is 4. The van der Waals surface area contributed by atoms with Gasteiger partial charge in [-0.15, -0.1) is 0 Å². The molecule has 0 aliphatic heterocycles. The van der Waals surface area contributed by atoms with Crippen molar-refractivity contribution in [3.63, 3.8) is 0 Å². The molecule has 3 rings (SSSR count). The van der Waals surface area contributed by atoms with Crippen LogP contribution in [0.1, 0.15) is 22.3 Å². The maximum atomic E-state index is 12.8. The van der Waals surface area contributed by atoms with Gasteiger partial charge in [0.2, 0.25) is 0 Å². The van der Waals surface area contributed by atoms with Crippen LogP contribution in [0.15, 0.2) is 64.2 Å². The van der Waals surface area contributed by atoms with Gasteiger partial charge >= 0.3 is 5.69 Å². The first-order chi connectivity index (χ1) is 13.0. The summed E-state index contributed by atoms with van der Waals surface area (Å²) in [6.45, 7) is 0.134. The van der Waals surface area contributed by atoms with E-state index < -0.39 is 11.2 Å². The average Bonchev–Trinajstić information content (AvgIpc) is 2.69. The minimum atomic E-state index is -0.565. The van der Waals surface area contributed by atoms with Gasteiger partial charge in [-0.2, -0.15) is 10.5 Å². The van der Waals surface area contributed by atoms with E-state index in [-0.39, 0.29) is 18.2 Å². The van der Waals surface area contributed by atoms with Crippen LogP contribution in [-0.4, -0.2) is 9.13 Å². The van der Waals surface area contributed by atoms with E-state index in [9.17, 15) is 14.9 Å². The second kappa shape index (κ2) is 7.74. The standard InChI is InChI=1S/C20H13ClN4O2/c21-18-9-19(26)25(12-15-7-5-14(10-22)6-8-15)20(27)24(18)13-17-4-2-1-3-16(17)11-23/h1-9H,12-13H2. The SMILES string of the molecule is N#Cc1ccc(Cn2c(=O)cc(Cl)n(Cc3ccccc3C#N)c2=O)cc1. The molecule has 7 heteroatoms. The highest BCUT2D eigenvalue weighted by Gasteiger charge is 2.12. The van der Waals surface area contributed by atoms with E-state index in [1.165, 1.54) is 10.6 Å². The van der Waals surface area contributed by atoms with Crippen LogP contribution in [0.4, 0.5) is 0 Å². The van der Waals surface area contributed by atoms with E-state index >= 15 is 0 Å². The van der Waals surface area contributed by atoms with E-state index in [0.717, 1.165) is 4.57 Å². The molecule has 0 aliphatic carbocycles. The Morgan fingerprint density at radius 1 is 0.889 bits per heavy atom. The van der Waals surface area contributed by atoms with Gasteiger partial charge in [0.1, 0.15) is 5.15 Å². The van der Waals surface area contributed by atoms with Crippen LogP contribution >= 0.6 is 11.6 Å². The Morgan fingerprint density at radius 2 is 1.59 bits per heavy atom. The summed E-state index contributed by atoms with van der Waals surface area (Å²) >= 11 is 6.13. The van der Waals surface area contributed by atoms with Crippen molar-refractivity contribution < 1.29 is 0 Å². The Hall–Kier alpha value is -3.61. The highest BCUT2D eigenvalue weighted by atomic mass is 35.5. The summed E-state index contributed by atoms with van der Waals surface area (Å²) in [5.41, 5.74) is 1.19. The second-order valence-electron chi connectivity index (χ2n) is 5.84. The summed E-state index contributed by atoms with van der Waals surface area (Å²) in [7, 11) is 0.